The summed E-state index contributed by atoms with van der Waals surface area (Å²) in [6.07, 6.45) is 5.37. The minimum absolute atomic E-state index is 0.236. The first-order valence-corrected chi connectivity index (χ1v) is 5.19. The highest BCUT2D eigenvalue weighted by Crippen LogP contribution is 2.34. The van der Waals surface area contributed by atoms with Crippen LogP contribution in [0.2, 0.25) is 10.0 Å². The van der Waals surface area contributed by atoms with Gasteiger partial charge in [0.15, 0.2) is 6.29 Å². The molecule has 0 aliphatic carbocycles. The quantitative estimate of drug-likeness (QED) is 0.771. The molecule has 1 aromatic carbocycles. The van der Waals surface area contributed by atoms with Gasteiger partial charge in [0.05, 0.1) is 21.9 Å². The molecule has 0 radical (unpaired) electrons. The Morgan fingerprint density at radius 3 is 2.56 bits per heavy atom. The maximum Gasteiger partial charge on any atom is 0.151 e. The van der Waals surface area contributed by atoms with Crippen molar-refractivity contribution in [1.29, 1.82) is 0 Å². The van der Waals surface area contributed by atoms with Gasteiger partial charge in [0.2, 0.25) is 0 Å². The molecule has 0 saturated heterocycles. The molecule has 0 spiro atoms. The Morgan fingerprint density at radius 2 is 1.94 bits per heavy atom. The standard InChI is InChI=1S/C11H6Cl2N2O/c12-10-7(6-16)1-2-8(11(10)13)9-5-14-3-4-15-9/h1-6H. The Kier molecular flexibility index (Phi) is 3.17. The van der Waals surface area contributed by atoms with E-state index in [9.17, 15) is 4.79 Å². The number of nitrogens with zero attached hydrogens (tertiary/aromatic N) is 2. The Bertz CT molecular complexity index is 529. The normalized spacial score (nSPS) is 10.1. The molecular weight excluding hydrogens is 247 g/mol. The van der Waals surface area contributed by atoms with Crippen molar-refractivity contribution in [2.45, 2.75) is 0 Å². The molecule has 0 unspecified atom stereocenters. The van der Waals surface area contributed by atoms with Crippen LogP contribution in [-0.4, -0.2) is 16.3 Å². The largest absolute Gasteiger partial charge is 0.298 e. The highest BCUT2D eigenvalue weighted by molar-refractivity contribution is 6.45. The molecule has 0 aliphatic heterocycles. The number of carbonyl (C=O) groups excluding carboxylic acids is 1. The van der Waals surface area contributed by atoms with E-state index in [2.05, 4.69) is 9.97 Å². The first kappa shape index (κ1) is 11.0. The van der Waals surface area contributed by atoms with Crippen molar-refractivity contribution in [2.24, 2.45) is 0 Å². The van der Waals surface area contributed by atoms with Gasteiger partial charge in [-0.2, -0.15) is 0 Å². The Balaban J connectivity index is 2.60. The van der Waals surface area contributed by atoms with Crippen LogP contribution in [0.5, 0.6) is 0 Å². The Hall–Kier alpha value is -1.45. The number of hydrogen-bond donors (Lipinski definition) is 0. The highest BCUT2D eigenvalue weighted by atomic mass is 35.5. The van der Waals surface area contributed by atoms with Crippen LogP contribution >= 0.6 is 23.2 Å². The van der Waals surface area contributed by atoms with Crippen molar-refractivity contribution in [3.05, 3.63) is 46.3 Å². The molecule has 16 heavy (non-hydrogen) atoms. The van der Waals surface area contributed by atoms with Gasteiger partial charge in [-0.1, -0.05) is 29.3 Å². The molecule has 0 bridgehead atoms. The molecule has 5 heteroatoms. The second-order valence-electron chi connectivity index (χ2n) is 3.04. The third kappa shape index (κ3) is 1.92. The molecule has 1 aromatic heterocycles. The second-order valence-corrected chi connectivity index (χ2v) is 3.79. The lowest BCUT2D eigenvalue weighted by molar-refractivity contribution is 0.112. The number of hydrogen-bond acceptors (Lipinski definition) is 3. The zero-order valence-electron chi connectivity index (χ0n) is 8.02. The maximum absolute atomic E-state index is 10.7. The van der Waals surface area contributed by atoms with Gasteiger partial charge in [-0.25, -0.2) is 0 Å². The zero-order chi connectivity index (χ0) is 11.5. The molecular formula is C11H6Cl2N2O. The SMILES string of the molecule is O=Cc1ccc(-c2cnccn2)c(Cl)c1Cl. The highest BCUT2D eigenvalue weighted by Gasteiger charge is 2.11. The van der Waals surface area contributed by atoms with Gasteiger partial charge in [-0.3, -0.25) is 14.8 Å². The van der Waals surface area contributed by atoms with E-state index in [4.69, 9.17) is 23.2 Å². The van der Waals surface area contributed by atoms with E-state index in [1.54, 1.807) is 30.7 Å². The summed E-state index contributed by atoms with van der Waals surface area (Å²) in [4.78, 5) is 18.7. The Morgan fingerprint density at radius 1 is 1.12 bits per heavy atom. The molecule has 0 aliphatic rings. The van der Waals surface area contributed by atoms with E-state index in [1.807, 2.05) is 0 Å². The zero-order valence-corrected chi connectivity index (χ0v) is 9.53. The summed E-state index contributed by atoms with van der Waals surface area (Å²) >= 11 is 12.0. The first-order valence-electron chi connectivity index (χ1n) is 4.43. The third-order valence-electron chi connectivity index (χ3n) is 2.08. The van der Waals surface area contributed by atoms with Crippen LogP contribution < -0.4 is 0 Å². The number of carbonyl (C=O) groups is 1. The lowest BCUT2D eigenvalue weighted by Gasteiger charge is -2.06. The van der Waals surface area contributed by atoms with Gasteiger partial charge in [0.25, 0.3) is 0 Å². The first-order chi connectivity index (χ1) is 7.74. The van der Waals surface area contributed by atoms with Gasteiger partial charge < -0.3 is 0 Å². The van der Waals surface area contributed by atoms with Crippen molar-refractivity contribution >= 4 is 29.5 Å². The van der Waals surface area contributed by atoms with Crippen LogP contribution in [0.4, 0.5) is 0 Å². The summed E-state index contributed by atoms with van der Waals surface area (Å²) in [6, 6.07) is 3.30. The number of aldehydes is 1. The molecule has 0 saturated carbocycles. The van der Waals surface area contributed by atoms with Crippen molar-refractivity contribution in [3.63, 3.8) is 0 Å². The fourth-order valence-electron chi connectivity index (χ4n) is 1.29. The predicted molar refractivity (Wildman–Crippen MR) is 62.9 cm³/mol. The van der Waals surface area contributed by atoms with Crippen LogP contribution in [-0.2, 0) is 0 Å². The van der Waals surface area contributed by atoms with E-state index in [0.29, 0.717) is 28.1 Å². The molecule has 0 amide bonds. The summed E-state index contributed by atoms with van der Waals surface area (Å²) < 4.78 is 0. The summed E-state index contributed by atoms with van der Waals surface area (Å²) in [6.45, 7) is 0. The van der Waals surface area contributed by atoms with Crippen LogP contribution in [0.15, 0.2) is 30.7 Å². The van der Waals surface area contributed by atoms with Crippen molar-refractivity contribution < 1.29 is 4.79 Å². The lowest BCUT2D eigenvalue weighted by Crippen LogP contribution is -1.89. The number of aromatic nitrogens is 2. The van der Waals surface area contributed by atoms with E-state index in [1.165, 1.54) is 0 Å². The van der Waals surface area contributed by atoms with Gasteiger partial charge in [-0.05, 0) is 6.07 Å². The predicted octanol–water partition coefficient (Wildman–Crippen LogP) is 3.26. The topological polar surface area (TPSA) is 42.9 Å². The van der Waals surface area contributed by atoms with Gasteiger partial charge in [-0.15, -0.1) is 0 Å². The lowest BCUT2D eigenvalue weighted by atomic mass is 10.1. The molecule has 1 heterocycles. The smallest absolute Gasteiger partial charge is 0.151 e. The second kappa shape index (κ2) is 4.60. The molecule has 0 N–H and O–H groups in total. The van der Waals surface area contributed by atoms with Crippen molar-refractivity contribution in [3.8, 4) is 11.3 Å². The summed E-state index contributed by atoms with van der Waals surface area (Å²) in [5, 5.41) is 0.548. The third-order valence-corrected chi connectivity index (χ3v) is 2.97. The average Bonchev–Trinajstić information content (AvgIpc) is 2.34. The maximum atomic E-state index is 10.7. The Labute approximate surface area is 102 Å². The molecule has 2 aromatic rings. The van der Waals surface area contributed by atoms with Crippen molar-refractivity contribution in [1.82, 2.24) is 9.97 Å². The van der Waals surface area contributed by atoms with Crippen molar-refractivity contribution in [2.75, 3.05) is 0 Å². The summed E-state index contributed by atoms with van der Waals surface area (Å²) in [5.74, 6) is 0. The van der Waals surface area contributed by atoms with Gasteiger partial charge >= 0.3 is 0 Å². The fraction of sp³-hybridized carbons (Fsp3) is 0. The van der Waals surface area contributed by atoms with Crippen LogP contribution in [0.3, 0.4) is 0 Å². The van der Waals surface area contributed by atoms with E-state index in [0.717, 1.165) is 0 Å². The molecule has 3 nitrogen and oxygen atoms in total. The fourth-order valence-corrected chi connectivity index (χ4v) is 1.77. The van der Waals surface area contributed by atoms with Crippen LogP contribution in [0.25, 0.3) is 11.3 Å². The number of rotatable bonds is 2. The number of halogens is 2. The summed E-state index contributed by atoms with van der Waals surface area (Å²) in [7, 11) is 0. The average molecular weight is 253 g/mol. The van der Waals surface area contributed by atoms with Gasteiger partial charge in [0.1, 0.15) is 0 Å². The van der Waals surface area contributed by atoms with E-state index in [-0.39, 0.29) is 5.02 Å². The molecule has 0 fully saturated rings. The van der Waals surface area contributed by atoms with Crippen LogP contribution in [0, 0.1) is 0 Å². The molecule has 2 rings (SSSR count). The monoisotopic (exact) mass is 252 g/mol. The van der Waals surface area contributed by atoms with E-state index >= 15 is 0 Å². The van der Waals surface area contributed by atoms with E-state index < -0.39 is 0 Å². The van der Waals surface area contributed by atoms with Gasteiger partial charge in [0, 0.05) is 23.5 Å². The number of benzene rings is 1. The van der Waals surface area contributed by atoms with Crippen LogP contribution in [0.1, 0.15) is 10.4 Å². The minimum atomic E-state index is 0.236. The molecule has 0 atom stereocenters. The molecule has 80 valence electrons. The summed E-state index contributed by atoms with van der Waals surface area (Å²) in [5.41, 5.74) is 1.64. The minimum Gasteiger partial charge on any atom is -0.298 e.